The van der Waals surface area contributed by atoms with Crippen LogP contribution < -0.4 is 0 Å². The Labute approximate surface area is 111 Å². The van der Waals surface area contributed by atoms with Crippen molar-refractivity contribution in [3.63, 3.8) is 0 Å². The van der Waals surface area contributed by atoms with Crippen LogP contribution in [-0.2, 0) is 14.3 Å². The molecule has 0 fully saturated rings. The lowest BCUT2D eigenvalue weighted by molar-refractivity contribution is -0.139. The summed E-state index contributed by atoms with van der Waals surface area (Å²) in [7, 11) is 4.73. The molecule has 0 unspecified atom stereocenters. The maximum Gasteiger partial charge on any atom is 0.341 e. The molecule has 4 nitrogen and oxygen atoms in total. The van der Waals surface area contributed by atoms with Crippen molar-refractivity contribution in [3.8, 4) is 0 Å². The Kier molecular flexibility index (Phi) is 7.04. The smallest absolute Gasteiger partial charge is 0.341 e. The molecule has 0 rings (SSSR count). The fourth-order valence-corrected chi connectivity index (χ4v) is 2.50. The van der Waals surface area contributed by atoms with Gasteiger partial charge >= 0.3 is 5.97 Å². The second kappa shape index (κ2) is 7.45. The molecular weight excluding hydrogens is 249 g/mol. The van der Waals surface area contributed by atoms with Gasteiger partial charge in [0.2, 0.25) is 0 Å². The van der Waals surface area contributed by atoms with Gasteiger partial charge in [-0.05, 0) is 26.8 Å². The average molecular weight is 271 g/mol. The summed E-state index contributed by atoms with van der Waals surface area (Å²) in [5.41, 5.74) is 1.16. The van der Waals surface area contributed by atoms with E-state index in [9.17, 15) is 9.59 Å². The highest BCUT2D eigenvalue weighted by atomic mass is 31.1. The largest absolute Gasteiger partial charge is 0.462 e. The highest BCUT2D eigenvalue weighted by molar-refractivity contribution is 7.44. The Morgan fingerprint density at radius 1 is 1.33 bits per heavy atom. The van der Waals surface area contributed by atoms with E-state index < -0.39 is 5.97 Å². The average Bonchev–Trinajstić information content (AvgIpc) is 2.22. The standard InChI is InChI=1S/C13H22NO3P/c1-7-17-11(16)10(8-15)9-18-12(14(5)6)13(2,3)4/h8-9H,7H2,1-6H3. The number of aldehydes is 1. The van der Waals surface area contributed by atoms with E-state index in [4.69, 9.17) is 4.74 Å². The Bertz CT molecular complexity index is 365. The molecule has 0 aliphatic carbocycles. The van der Waals surface area contributed by atoms with Gasteiger partial charge in [-0.25, -0.2) is 4.79 Å². The molecule has 18 heavy (non-hydrogen) atoms. The molecule has 0 aliphatic heterocycles. The molecule has 0 aromatic carbocycles. The lowest BCUT2D eigenvalue weighted by Crippen LogP contribution is -2.32. The van der Waals surface area contributed by atoms with Gasteiger partial charge in [0, 0.05) is 10.8 Å². The van der Waals surface area contributed by atoms with Crippen molar-refractivity contribution in [1.29, 1.82) is 0 Å². The Balaban J connectivity index is 5.24. The summed E-state index contributed by atoms with van der Waals surface area (Å²) in [6.45, 7) is 8.26. The first kappa shape index (κ1) is 17.0. The molecule has 0 radical (unpaired) electrons. The van der Waals surface area contributed by atoms with Gasteiger partial charge in [0.15, 0.2) is 6.29 Å². The normalized spacial score (nSPS) is 13.7. The van der Waals surface area contributed by atoms with Crippen molar-refractivity contribution < 1.29 is 14.3 Å². The van der Waals surface area contributed by atoms with E-state index >= 15 is 0 Å². The highest BCUT2D eigenvalue weighted by Crippen LogP contribution is 2.24. The van der Waals surface area contributed by atoms with Crippen LogP contribution in [0.3, 0.4) is 0 Å². The Morgan fingerprint density at radius 2 is 1.89 bits per heavy atom. The van der Waals surface area contributed by atoms with Gasteiger partial charge in [0.25, 0.3) is 0 Å². The zero-order chi connectivity index (χ0) is 14.3. The maximum absolute atomic E-state index is 11.5. The van der Waals surface area contributed by atoms with Gasteiger partial charge in [0.05, 0.1) is 6.61 Å². The lowest BCUT2D eigenvalue weighted by Gasteiger charge is -2.27. The fourth-order valence-electron chi connectivity index (χ4n) is 1.46. The molecule has 0 saturated heterocycles. The van der Waals surface area contributed by atoms with Crippen LogP contribution in [0.1, 0.15) is 27.7 Å². The minimum Gasteiger partial charge on any atom is -0.462 e. The van der Waals surface area contributed by atoms with E-state index in [-0.39, 0.29) is 17.6 Å². The monoisotopic (exact) mass is 271 g/mol. The number of carbonyl (C=O) groups excluding carboxylic acids is 2. The van der Waals surface area contributed by atoms with Gasteiger partial charge < -0.3 is 4.74 Å². The molecule has 0 amide bonds. The number of hydrogen-bond donors (Lipinski definition) is 0. The topological polar surface area (TPSA) is 46.6 Å². The molecule has 0 bridgehead atoms. The number of ether oxygens (including phenoxy) is 1. The lowest BCUT2D eigenvalue weighted by atomic mass is 9.96. The second-order valence-electron chi connectivity index (χ2n) is 5.02. The van der Waals surface area contributed by atoms with Gasteiger partial charge in [-0.15, -0.1) is 0 Å². The van der Waals surface area contributed by atoms with Crippen LogP contribution in [0.5, 0.6) is 0 Å². The zero-order valence-corrected chi connectivity index (χ0v) is 12.9. The maximum atomic E-state index is 11.5. The van der Waals surface area contributed by atoms with Crippen molar-refractivity contribution in [3.05, 3.63) is 11.4 Å². The van der Waals surface area contributed by atoms with E-state index in [2.05, 4.69) is 20.8 Å². The Morgan fingerprint density at radius 3 is 2.22 bits per heavy atom. The first-order valence-electron chi connectivity index (χ1n) is 5.82. The summed E-state index contributed by atoms with van der Waals surface area (Å²) in [5.74, 6) is 1.04. The molecular formula is C13H22NO3P. The van der Waals surface area contributed by atoms with Crippen molar-refractivity contribution in [2.24, 2.45) is 5.41 Å². The summed E-state index contributed by atoms with van der Waals surface area (Å²) in [5, 5.41) is 0. The first-order valence-corrected chi connectivity index (χ1v) is 6.78. The highest BCUT2D eigenvalue weighted by Gasteiger charge is 2.19. The van der Waals surface area contributed by atoms with Crippen LogP contribution >= 0.6 is 8.20 Å². The van der Waals surface area contributed by atoms with E-state index in [1.807, 2.05) is 19.0 Å². The van der Waals surface area contributed by atoms with Crippen molar-refractivity contribution in [1.82, 2.24) is 4.90 Å². The van der Waals surface area contributed by atoms with Crippen molar-refractivity contribution in [2.75, 3.05) is 20.7 Å². The van der Waals surface area contributed by atoms with Gasteiger partial charge in [-0.3, -0.25) is 9.69 Å². The zero-order valence-electron chi connectivity index (χ0n) is 12.0. The molecule has 0 aromatic heterocycles. The van der Waals surface area contributed by atoms with Gasteiger partial charge in [-0.2, -0.15) is 0 Å². The number of nitrogens with zero attached hydrogens (tertiary/aromatic N) is 1. The summed E-state index contributed by atoms with van der Waals surface area (Å²) < 4.78 is 4.81. The van der Waals surface area contributed by atoms with Crippen LogP contribution in [-0.4, -0.2) is 43.3 Å². The van der Waals surface area contributed by atoms with Crippen molar-refractivity contribution in [2.45, 2.75) is 27.7 Å². The van der Waals surface area contributed by atoms with Crippen LogP contribution in [0.15, 0.2) is 11.4 Å². The van der Waals surface area contributed by atoms with Crippen LogP contribution in [0.2, 0.25) is 0 Å². The van der Waals surface area contributed by atoms with Crippen LogP contribution in [0.4, 0.5) is 0 Å². The predicted octanol–water partition coefficient (Wildman–Crippen LogP) is 2.32. The molecule has 0 saturated carbocycles. The molecule has 0 heterocycles. The fraction of sp³-hybridized carbons (Fsp3) is 0.615. The molecule has 0 N–H and O–H groups in total. The van der Waals surface area contributed by atoms with Crippen LogP contribution in [0, 0.1) is 5.41 Å². The Hall–Kier alpha value is -0.990. The number of rotatable bonds is 5. The summed E-state index contributed by atoms with van der Waals surface area (Å²) in [6.07, 6.45) is 0.543. The van der Waals surface area contributed by atoms with Gasteiger partial charge in [-0.1, -0.05) is 29.0 Å². The summed E-state index contributed by atoms with van der Waals surface area (Å²) in [4.78, 5) is 24.3. The third-order valence-electron chi connectivity index (χ3n) is 2.06. The third-order valence-corrected chi connectivity index (χ3v) is 3.78. The third kappa shape index (κ3) is 5.56. The minimum atomic E-state index is -0.563. The van der Waals surface area contributed by atoms with E-state index in [0.29, 0.717) is 6.29 Å². The minimum absolute atomic E-state index is 0.0236. The quantitative estimate of drug-likeness (QED) is 0.192. The molecule has 0 spiro atoms. The number of carbonyl (C=O) groups is 2. The molecule has 102 valence electrons. The summed E-state index contributed by atoms with van der Waals surface area (Å²) >= 11 is 0. The first-order chi connectivity index (χ1) is 8.23. The summed E-state index contributed by atoms with van der Waals surface area (Å²) in [6, 6.07) is 0. The molecule has 5 heteroatoms. The second-order valence-corrected chi connectivity index (χ2v) is 5.96. The molecule has 0 aromatic rings. The van der Waals surface area contributed by atoms with E-state index in [0.717, 1.165) is 13.6 Å². The van der Waals surface area contributed by atoms with E-state index in [1.54, 1.807) is 12.7 Å². The van der Waals surface area contributed by atoms with Crippen molar-refractivity contribution >= 4 is 25.9 Å². The number of hydrogen-bond acceptors (Lipinski definition) is 3. The predicted molar refractivity (Wildman–Crippen MR) is 75.8 cm³/mol. The SMILES string of the molecule is CCOC(=O)C(C=O)=CP=C(N(C)C)C(C)(C)C. The van der Waals surface area contributed by atoms with Gasteiger partial charge in [0.1, 0.15) is 5.57 Å². The van der Waals surface area contributed by atoms with Crippen LogP contribution in [0.25, 0.3) is 0 Å². The van der Waals surface area contributed by atoms with E-state index in [1.165, 1.54) is 0 Å². The molecule has 0 atom stereocenters. The molecule has 0 aliphatic rings. The number of esters is 1.